The van der Waals surface area contributed by atoms with Crippen LogP contribution in [0.1, 0.15) is 17.0 Å². The van der Waals surface area contributed by atoms with Crippen molar-refractivity contribution in [3.05, 3.63) is 59.9 Å². The lowest BCUT2D eigenvalue weighted by Gasteiger charge is -2.04. The van der Waals surface area contributed by atoms with Crippen molar-refractivity contribution in [2.45, 2.75) is 13.8 Å². The van der Waals surface area contributed by atoms with Crippen LogP contribution < -0.4 is 5.32 Å². The Kier molecular flexibility index (Phi) is 3.65. The van der Waals surface area contributed by atoms with Crippen molar-refractivity contribution in [2.75, 3.05) is 5.32 Å². The fraction of sp³-hybridized carbons (Fsp3) is 0.125. The first-order valence-electron chi connectivity index (χ1n) is 6.88. The number of nitrogens with one attached hydrogen (secondary N) is 2. The van der Waals surface area contributed by atoms with Crippen LogP contribution in [0.4, 0.5) is 5.69 Å². The number of pyridine rings is 1. The third-order valence-corrected chi connectivity index (χ3v) is 3.29. The molecule has 0 saturated carbocycles. The topological polar surface area (TPSA) is 79.0 Å². The maximum atomic E-state index is 7.58. The van der Waals surface area contributed by atoms with Gasteiger partial charge in [-0.25, -0.2) is 9.50 Å². The third kappa shape index (κ3) is 2.71. The average molecular weight is 292 g/mol. The molecule has 3 rings (SSSR count). The second kappa shape index (κ2) is 5.77. The highest BCUT2D eigenvalue weighted by atomic mass is 15.3. The number of hydrogen-bond acceptors (Lipinski definition) is 5. The zero-order valence-corrected chi connectivity index (χ0v) is 12.4. The van der Waals surface area contributed by atoms with Crippen molar-refractivity contribution in [2.24, 2.45) is 0 Å². The van der Waals surface area contributed by atoms with Crippen molar-refractivity contribution >= 4 is 23.1 Å². The lowest BCUT2D eigenvalue weighted by atomic mass is 10.1. The fourth-order valence-electron chi connectivity index (χ4n) is 2.06. The highest BCUT2D eigenvalue weighted by Crippen LogP contribution is 2.17. The third-order valence-electron chi connectivity index (χ3n) is 3.29. The van der Waals surface area contributed by atoms with E-state index in [9.17, 15) is 0 Å². The van der Waals surface area contributed by atoms with E-state index in [-0.39, 0.29) is 0 Å². The minimum atomic E-state index is 0.736. The summed E-state index contributed by atoms with van der Waals surface area (Å²) in [5.74, 6) is 0. The number of aromatic nitrogens is 4. The van der Waals surface area contributed by atoms with E-state index in [1.807, 2.05) is 38.2 Å². The largest absolute Gasteiger partial charge is 0.357 e. The Morgan fingerprint density at radius 1 is 1.18 bits per heavy atom. The summed E-state index contributed by atoms with van der Waals surface area (Å²) in [5.41, 5.74) is 5.04. The van der Waals surface area contributed by atoms with Gasteiger partial charge in [-0.15, -0.1) is 0 Å². The van der Waals surface area contributed by atoms with Gasteiger partial charge in [-0.2, -0.15) is 5.10 Å². The molecule has 0 saturated heterocycles. The van der Waals surface area contributed by atoms with Crippen LogP contribution in [0.15, 0.2) is 43.0 Å². The number of allylic oxidation sites excluding steroid dienone is 1. The smallest absolute Gasteiger partial charge is 0.179 e. The van der Waals surface area contributed by atoms with Gasteiger partial charge >= 0.3 is 0 Å². The highest BCUT2D eigenvalue weighted by Gasteiger charge is 2.05. The second-order valence-corrected chi connectivity index (χ2v) is 4.97. The molecular weight excluding hydrogens is 276 g/mol. The van der Waals surface area contributed by atoms with Crippen LogP contribution in [-0.4, -0.2) is 25.8 Å². The number of anilines is 1. The van der Waals surface area contributed by atoms with Crippen molar-refractivity contribution in [3.63, 3.8) is 0 Å². The Hall–Kier alpha value is -3.02. The van der Waals surface area contributed by atoms with E-state index in [0.717, 1.165) is 33.9 Å². The number of rotatable bonds is 4. The maximum Gasteiger partial charge on any atom is 0.179 e. The molecule has 3 aromatic heterocycles. The molecule has 0 aliphatic carbocycles. The predicted octanol–water partition coefficient (Wildman–Crippen LogP) is 2.84. The normalized spacial score (nSPS) is 11.6. The van der Waals surface area contributed by atoms with Gasteiger partial charge in [-0.05, 0) is 26.0 Å². The zero-order chi connectivity index (χ0) is 15.5. The lowest BCUT2D eigenvalue weighted by Crippen LogP contribution is -1.96. The summed E-state index contributed by atoms with van der Waals surface area (Å²) in [7, 11) is 0. The van der Waals surface area contributed by atoms with Gasteiger partial charge in [-0.3, -0.25) is 4.98 Å². The van der Waals surface area contributed by atoms with Gasteiger partial charge in [0.25, 0.3) is 0 Å². The van der Waals surface area contributed by atoms with Crippen LogP contribution in [0, 0.1) is 19.3 Å². The summed E-state index contributed by atoms with van der Waals surface area (Å²) in [6, 6.07) is 5.77. The summed E-state index contributed by atoms with van der Waals surface area (Å²) in [4.78, 5) is 8.72. The minimum absolute atomic E-state index is 0.736. The molecule has 3 heterocycles. The molecule has 0 aromatic carbocycles. The van der Waals surface area contributed by atoms with Gasteiger partial charge in [0.2, 0.25) is 0 Å². The molecule has 6 nitrogen and oxygen atoms in total. The molecule has 0 unspecified atom stereocenters. The number of fused-ring (bicyclic) bond motifs is 1. The first-order chi connectivity index (χ1) is 10.7. The number of aryl methyl sites for hydroxylation is 2. The summed E-state index contributed by atoms with van der Waals surface area (Å²) >= 11 is 0. The van der Waals surface area contributed by atoms with E-state index in [0.29, 0.717) is 0 Å². The molecule has 0 aliphatic rings. The van der Waals surface area contributed by atoms with Crippen molar-refractivity contribution < 1.29 is 0 Å². The van der Waals surface area contributed by atoms with E-state index in [1.165, 1.54) is 6.21 Å². The monoisotopic (exact) mass is 292 g/mol. The first-order valence-corrected chi connectivity index (χ1v) is 6.88. The van der Waals surface area contributed by atoms with Crippen LogP contribution in [0.5, 0.6) is 0 Å². The first kappa shape index (κ1) is 13.9. The Morgan fingerprint density at radius 3 is 2.77 bits per heavy atom. The molecule has 0 bridgehead atoms. The van der Waals surface area contributed by atoms with Gasteiger partial charge in [0.15, 0.2) is 5.65 Å². The summed E-state index contributed by atoms with van der Waals surface area (Å²) in [6.45, 7) is 3.87. The van der Waals surface area contributed by atoms with E-state index >= 15 is 0 Å². The number of hydrogen-bond donors (Lipinski definition) is 2. The minimum Gasteiger partial charge on any atom is -0.357 e. The number of nitrogens with zero attached hydrogens (tertiary/aromatic N) is 4. The van der Waals surface area contributed by atoms with Crippen molar-refractivity contribution in [1.82, 2.24) is 19.6 Å². The van der Waals surface area contributed by atoms with E-state index in [1.54, 1.807) is 23.1 Å². The predicted molar refractivity (Wildman–Crippen MR) is 87.1 cm³/mol. The average Bonchev–Trinajstić information content (AvgIpc) is 2.92. The van der Waals surface area contributed by atoms with Crippen LogP contribution in [0.3, 0.4) is 0 Å². The molecule has 0 atom stereocenters. The van der Waals surface area contributed by atoms with Crippen molar-refractivity contribution in [3.8, 4) is 0 Å². The van der Waals surface area contributed by atoms with E-state index in [4.69, 9.17) is 5.41 Å². The standard InChI is InChI=1S/C16H16N6/c1-11-3-4-13(8-18-11)14(7-17)9-19-15-10-20-22-6-5-12(2)21-16(15)22/h3-10,17,19H,1-2H3/b14-9+,17-7?. The van der Waals surface area contributed by atoms with Crippen LogP contribution >= 0.6 is 0 Å². The molecule has 2 N–H and O–H groups in total. The maximum absolute atomic E-state index is 7.58. The van der Waals surface area contributed by atoms with Gasteiger partial charge in [-0.1, -0.05) is 6.07 Å². The zero-order valence-electron chi connectivity index (χ0n) is 12.4. The summed E-state index contributed by atoms with van der Waals surface area (Å²) in [5, 5.41) is 15.0. The molecule has 0 radical (unpaired) electrons. The molecule has 0 spiro atoms. The quantitative estimate of drug-likeness (QED) is 0.725. The van der Waals surface area contributed by atoms with Gasteiger partial charge < -0.3 is 10.7 Å². The molecule has 6 heteroatoms. The van der Waals surface area contributed by atoms with Gasteiger partial charge in [0.1, 0.15) is 5.69 Å². The SMILES string of the molecule is Cc1ccc(/C(C=N)=C/Nc2cnn3ccc(C)nc23)cn1. The van der Waals surface area contributed by atoms with Crippen LogP contribution in [-0.2, 0) is 0 Å². The Morgan fingerprint density at radius 2 is 2.05 bits per heavy atom. The van der Waals surface area contributed by atoms with Gasteiger partial charge in [0, 0.05) is 47.3 Å². The molecule has 0 amide bonds. The molecule has 22 heavy (non-hydrogen) atoms. The van der Waals surface area contributed by atoms with Crippen LogP contribution in [0.2, 0.25) is 0 Å². The van der Waals surface area contributed by atoms with Gasteiger partial charge in [0.05, 0.1) is 6.20 Å². The summed E-state index contributed by atoms with van der Waals surface area (Å²) in [6.07, 6.45) is 8.40. The lowest BCUT2D eigenvalue weighted by molar-refractivity contribution is 0.929. The molecule has 110 valence electrons. The Labute approximate surface area is 128 Å². The Bertz CT molecular complexity index is 845. The molecular formula is C16H16N6. The fourth-order valence-corrected chi connectivity index (χ4v) is 2.06. The molecule has 0 fully saturated rings. The molecule has 3 aromatic rings. The summed E-state index contributed by atoms with van der Waals surface area (Å²) < 4.78 is 1.71. The van der Waals surface area contributed by atoms with E-state index in [2.05, 4.69) is 20.4 Å². The second-order valence-electron chi connectivity index (χ2n) is 4.97. The van der Waals surface area contributed by atoms with Crippen LogP contribution in [0.25, 0.3) is 11.2 Å². The van der Waals surface area contributed by atoms with Crippen molar-refractivity contribution in [1.29, 1.82) is 5.41 Å². The molecule has 0 aliphatic heterocycles. The highest BCUT2D eigenvalue weighted by molar-refractivity contribution is 6.08. The Balaban J connectivity index is 1.91. The van der Waals surface area contributed by atoms with E-state index < -0.39 is 0 Å².